The molecule has 1 aromatic carbocycles. The van der Waals surface area contributed by atoms with Gasteiger partial charge in [-0.1, -0.05) is 19.1 Å². The summed E-state index contributed by atoms with van der Waals surface area (Å²) in [5.41, 5.74) is 2.27. The fourth-order valence-corrected chi connectivity index (χ4v) is 3.03. The van der Waals surface area contributed by atoms with Gasteiger partial charge in [0.15, 0.2) is 5.96 Å². The van der Waals surface area contributed by atoms with E-state index in [1.807, 2.05) is 16.9 Å². The molecule has 0 aliphatic carbocycles. The lowest BCUT2D eigenvalue weighted by atomic mass is 10.00. The van der Waals surface area contributed by atoms with E-state index in [0.717, 1.165) is 37.2 Å². The molecule has 1 aliphatic heterocycles. The minimum Gasteiger partial charge on any atom is -0.357 e. The van der Waals surface area contributed by atoms with Crippen LogP contribution >= 0.6 is 0 Å². The van der Waals surface area contributed by atoms with Crippen molar-refractivity contribution in [3.05, 3.63) is 48.3 Å². The lowest BCUT2D eigenvalue weighted by molar-refractivity contribution is 0.273. The number of guanidine groups is 1. The average Bonchev–Trinajstić information content (AvgIpc) is 3.14. The van der Waals surface area contributed by atoms with Crippen molar-refractivity contribution in [3.8, 4) is 5.69 Å². The Morgan fingerprint density at radius 3 is 2.83 bits per heavy atom. The van der Waals surface area contributed by atoms with Crippen molar-refractivity contribution in [3.63, 3.8) is 0 Å². The van der Waals surface area contributed by atoms with Crippen molar-refractivity contribution in [1.29, 1.82) is 0 Å². The molecule has 5 heteroatoms. The zero-order valence-corrected chi connectivity index (χ0v) is 14.7. The number of nitrogens with one attached hydrogen (secondary N) is 1. The van der Waals surface area contributed by atoms with E-state index in [1.165, 1.54) is 18.4 Å². The molecule has 1 saturated heterocycles. The van der Waals surface area contributed by atoms with Gasteiger partial charge in [-0.2, -0.15) is 5.10 Å². The predicted octanol–water partition coefficient (Wildman–Crippen LogP) is 3.07. The third-order valence-electron chi connectivity index (χ3n) is 4.51. The first-order chi connectivity index (χ1) is 11.8. The quantitative estimate of drug-likeness (QED) is 0.694. The topological polar surface area (TPSA) is 45.5 Å². The maximum atomic E-state index is 4.86. The summed E-state index contributed by atoms with van der Waals surface area (Å²) < 4.78 is 1.88. The van der Waals surface area contributed by atoms with E-state index in [9.17, 15) is 0 Å². The van der Waals surface area contributed by atoms with Gasteiger partial charge >= 0.3 is 0 Å². The molecule has 1 N–H and O–H groups in total. The molecule has 0 unspecified atom stereocenters. The van der Waals surface area contributed by atoms with Crippen molar-refractivity contribution >= 4 is 5.96 Å². The van der Waals surface area contributed by atoms with E-state index in [0.29, 0.717) is 6.54 Å². The maximum absolute atomic E-state index is 4.86. The second-order valence-electron chi connectivity index (χ2n) is 6.46. The Bertz CT molecular complexity index is 654. The van der Waals surface area contributed by atoms with Gasteiger partial charge < -0.3 is 10.2 Å². The predicted molar refractivity (Wildman–Crippen MR) is 98.4 cm³/mol. The minimum absolute atomic E-state index is 0.684. The molecule has 3 rings (SSSR count). The molecule has 2 aromatic rings. The second-order valence-corrected chi connectivity index (χ2v) is 6.46. The summed E-state index contributed by atoms with van der Waals surface area (Å²) in [5.74, 6) is 1.86. The third kappa shape index (κ3) is 4.16. The van der Waals surface area contributed by atoms with Crippen LogP contribution in [0.5, 0.6) is 0 Å². The molecule has 0 amide bonds. The summed E-state index contributed by atoms with van der Waals surface area (Å²) >= 11 is 0. The van der Waals surface area contributed by atoms with Gasteiger partial charge in [-0.3, -0.25) is 0 Å². The van der Waals surface area contributed by atoms with Crippen LogP contribution < -0.4 is 5.32 Å². The molecule has 1 fully saturated rings. The lowest BCUT2D eigenvalue weighted by Gasteiger charge is -2.33. The van der Waals surface area contributed by atoms with Crippen molar-refractivity contribution in [2.45, 2.75) is 33.2 Å². The molecular formula is C19H27N5. The van der Waals surface area contributed by atoms with Crippen LogP contribution in [0.15, 0.2) is 47.7 Å². The first kappa shape index (κ1) is 16.6. The summed E-state index contributed by atoms with van der Waals surface area (Å²) in [5, 5.41) is 7.73. The van der Waals surface area contributed by atoms with E-state index in [2.05, 4.69) is 53.4 Å². The van der Waals surface area contributed by atoms with Crippen LogP contribution in [0.2, 0.25) is 0 Å². The van der Waals surface area contributed by atoms with Crippen molar-refractivity contribution in [2.24, 2.45) is 10.9 Å². The average molecular weight is 325 g/mol. The van der Waals surface area contributed by atoms with Crippen molar-refractivity contribution in [1.82, 2.24) is 20.0 Å². The van der Waals surface area contributed by atoms with Crippen molar-refractivity contribution < 1.29 is 0 Å². The Morgan fingerprint density at radius 2 is 2.12 bits per heavy atom. The standard InChI is InChI=1S/C19H27N5/c1-3-20-19(23-12-8-16(2)9-13-23)21-15-17-6-4-7-18(14-17)24-11-5-10-22-24/h4-7,10-11,14,16H,3,8-9,12-13,15H2,1-2H3,(H,20,21). The van der Waals surface area contributed by atoms with E-state index in [-0.39, 0.29) is 0 Å². The van der Waals surface area contributed by atoms with E-state index >= 15 is 0 Å². The van der Waals surface area contributed by atoms with Crippen LogP contribution in [-0.4, -0.2) is 40.3 Å². The highest BCUT2D eigenvalue weighted by Crippen LogP contribution is 2.16. The van der Waals surface area contributed by atoms with Crippen molar-refractivity contribution in [2.75, 3.05) is 19.6 Å². The highest BCUT2D eigenvalue weighted by molar-refractivity contribution is 5.80. The molecule has 1 aliphatic rings. The van der Waals surface area contributed by atoms with Gasteiger partial charge in [0, 0.05) is 32.0 Å². The molecule has 128 valence electrons. The number of piperidine rings is 1. The van der Waals surface area contributed by atoms with Crippen LogP contribution in [0.4, 0.5) is 0 Å². The van der Waals surface area contributed by atoms with Gasteiger partial charge in [-0.25, -0.2) is 9.67 Å². The maximum Gasteiger partial charge on any atom is 0.194 e. The van der Waals surface area contributed by atoms with Crippen LogP contribution in [-0.2, 0) is 6.54 Å². The third-order valence-corrected chi connectivity index (χ3v) is 4.51. The largest absolute Gasteiger partial charge is 0.357 e. The number of aliphatic imine (C=N–C) groups is 1. The Morgan fingerprint density at radius 1 is 1.29 bits per heavy atom. The molecule has 0 saturated carbocycles. The Labute approximate surface area is 144 Å². The molecule has 1 aromatic heterocycles. The molecule has 24 heavy (non-hydrogen) atoms. The van der Waals surface area contributed by atoms with Gasteiger partial charge in [0.05, 0.1) is 12.2 Å². The zero-order valence-electron chi connectivity index (χ0n) is 14.7. The van der Waals surface area contributed by atoms with Gasteiger partial charge in [-0.05, 0) is 49.4 Å². The molecule has 0 atom stereocenters. The monoisotopic (exact) mass is 325 g/mol. The molecule has 0 spiro atoms. The highest BCUT2D eigenvalue weighted by atomic mass is 15.3. The molecule has 0 radical (unpaired) electrons. The lowest BCUT2D eigenvalue weighted by Crippen LogP contribution is -2.45. The number of likely N-dealkylation sites (tertiary alicyclic amines) is 1. The Kier molecular flexibility index (Phi) is 5.51. The second kappa shape index (κ2) is 7.99. The summed E-state index contributed by atoms with van der Waals surface area (Å²) in [4.78, 5) is 7.25. The molecular weight excluding hydrogens is 298 g/mol. The smallest absolute Gasteiger partial charge is 0.194 e. The van der Waals surface area contributed by atoms with Gasteiger partial charge in [-0.15, -0.1) is 0 Å². The normalized spacial score (nSPS) is 16.4. The van der Waals surface area contributed by atoms with Crippen LogP contribution in [0, 0.1) is 5.92 Å². The van der Waals surface area contributed by atoms with Crippen LogP contribution in [0.25, 0.3) is 5.69 Å². The fourth-order valence-electron chi connectivity index (χ4n) is 3.03. The zero-order chi connectivity index (χ0) is 16.8. The summed E-state index contributed by atoms with van der Waals surface area (Å²) in [6.07, 6.45) is 6.26. The molecule has 2 heterocycles. The molecule has 0 bridgehead atoms. The number of rotatable bonds is 4. The number of hydrogen-bond donors (Lipinski definition) is 1. The van der Waals surface area contributed by atoms with Crippen LogP contribution in [0.3, 0.4) is 0 Å². The number of aromatic nitrogens is 2. The summed E-state index contributed by atoms with van der Waals surface area (Å²) in [7, 11) is 0. The number of hydrogen-bond acceptors (Lipinski definition) is 2. The highest BCUT2D eigenvalue weighted by Gasteiger charge is 2.18. The minimum atomic E-state index is 0.684. The summed E-state index contributed by atoms with van der Waals surface area (Å²) in [6, 6.07) is 10.3. The Balaban J connectivity index is 1.71. The van der Waals surface area contributed by atoms with Gasteiger partial charge in [0.1, 0.15) is 0 Å². The van der Waals surface area contributed by atoms with Crippen LogP contribution in [0.1, 0.15) is 32.3 Å². The van der Waals surface area contributed by atoms with Gasteiger partial charge in [0.2, 0.25) is 0 Å². The molecule has 5 nitrogen and oxygen atoms in total. The first-order valence-electron chi connectivity index (χ1n) is 8.88. The van der Waals surface area contributed by atoms with E-state index in [4.69, 9.17) is 4.99 Å². The number of benzene rings is 1. The fraction of sp³-hybridized carbons (Fsp3) is 0.474. The summed E-state index contributed by atoms with van der Waals surface area (Å²) in [6.45, 7) is 8.24. The van der Waals surface area contributed by atoms with E-state index in [1.54, 1.807) is 6.20 Å². The number of nitrogens with zero attached hydrogens (tertiary/aromatic N) is 4. The van der Waals surface area contributed by atoms with E-state index < -0.39 is 0 Å². The first-order valence-corrected chi connectivity index (χ1v) is 8.88. The SMILES string of the molecule is CCNC(=NCc1cccc(-n2cccn2)c1)N1CCC(C)CC1. The van der Waals surface area contributed by atoms with Gasteiger partial charge in [0.25, 0.3) is 0 Å². The Hall–Kier alpha value is -2.30.